The zero-order valence-electron chi connectivity index (χ0n) is 10.3. The summed E-state index contributed by atoms with van der Waals surface area (Å²) in [6.45, 7) is 0.823. The van der Waals surface area contributed by atoms with Crippen molar-refractivity contribution in [1.29, 1.82) is 0 Å². The molecule has 0 aromatic heterocycles. The second kappa shape index (κ2) is 6.79. The van der Waals surface area contributed by atoms with Crippen LogP contribution in [0.1, 0.15) is 12.0 Å². The molecule has 0 unspecified atom stereocenters. The summed E-state index contributed by atoms with van der Waals surface area (Å²) in [4.78, 5) is 0. The van der Waals surface area contributed by atoms with Gasteiger partial charge in [-0.15, -0.1) is 0 Å². The van der Waals surface area contributed by atoms with Crippen molar-refractivity contribution >= 4 is 0 Å². The van der Waals surface area contributed by atoms with Gasteiger partial charge in [0.1, 0.15) is 11.5 Å². The van der Waals surface area contributed by atoms with Gasteiger partial charge >= 0.3 is 0 Å². The Hall–Kier alpha value is -1.84. The van der Waals surface area contributed by atoms with Crippen molar-refractivity contribution in [3.8, 4) is 11.5 Å². The first-order valence-electron chi connectivity index (χ1n) is 6.14. The summed E-state index contributed by atoms with van der Waals surface area (Å²) in [5.74, 6) is 6.98. The first-order chi connectivity index (χ1) is 8.88. The van der Waals surface area contributed by atoms with Gasteiger partial charge in [0.25, 0.3) is 0 Å². The molecule has 0 radical (unpaired) electrons. The fraction of sp³-hybridized carbons (Fsp3) is 0.200. The third-order valence-electron chi connectivity index (χ3n) is 2.66. The van der Waals surface area contributed by atoms with Gasteiger partial charge in [0.05, 0.1) is 0 Å². The lowest BCUT2D eigenvalue weighted by molar-refractivity contribution is 0.482. The zero-order chi connectivity index (χ0) is 12.6. The van der Waals surface area contributed by atoms with Gasteiger partial charge in [-0.1, -0.05) is 30.3 Å². The van der Waals surface area contributed by atoms with Gasteiger partial charge in [-0.05, 0) is 42.7 Å². The van der Waals surface area contributed by atoms with Gasteiger partial charge in [-0.25, -0.2) is 0 Å². The standard InChI is InChI=1S/C15H18N2O/c16-17-11-5-7-13-6-4-10-15(12-13)18-14-8-2-1-3-9-14/h1-4,6,8-10,12,17H,5,7,11,16H2. The van der Waals surface area contributed by atoms with Crippen LogP contribution in [0.4, 0.5) is 0 Å². The number of para-hydroxylation sites is 1. The number of benzene rings is 2. The van der Waals surface area contributed by atoms with E-state index in [1.807, 2.05) is 42.5 Å². The van der Waals surface area contributed by atoms with E-state index in [0.29, 0.717) is 0 Å². The number of rotatable bonds is 6. The van der Waals surface area contributed by atoms with Crippen LogP contribution in [0.25, 0.3) is 0 Å². The van der Waals surface area contributed by atoms with E-state index in [1.54, 1.807) is 0 Å². The van der Waals surface area contributed by atoms with Crippen molar-refractivity contribution in [2.24, 2.45) is 5.84 Å². The Labute approximate surface area is 108 Å². The van der Waals surface area contributed by atoms with Crippen LogP contribution in [0.3, 0.4) is 0 Å². The Kier molecular flexibility index (Phi) is 4.76. The van der Waals surface area contributed by atoms with E-state index < -0.39 is 0 Å². The number of hydrogen-bond donors (Lipinski definition) is 2. The van der Waals surface area contributed by atoms with Crippen molar-refractivity contribution in [3.63, 3.8) is 0 Å². The molecule has 0 fully saturated rings. The Balaban J connectivity index is 1.99. The van der Waals surface area contributed by atoms with Gasteiger partial charge < -0.3 is 4.74 Å². The summed E-state index contributed by atoms with van der Waals surface area (Å²) in [7, 11) is 0. The molecule has 2 rings (SSSR count). The Bertz CT molecular complexity index is 471. The predicted molar refractivity (Wildman–Crippen MR) is 73.5 cm³/mol. The molecular formula is C15H18N2O. The van der Waals surface area contributed by atoms with Crippen molar-refractivity contribution in [2.45, 2.75) is 12.8 Å². The second-order valence-corrected chi connectivity index (χ2v) is 4.12. The van der Waals surface area contributed by atoms with E-state index >= 15 is 0 Å². The SMILES string of the molecule is NNCCCc1cccc(Oc2ccccc2)c1. The smallest absolute Gasteiger partial charge is 0.127 e. The first kappa shape index (κ1) is 12.6. The summed E-state index contributed by atoms with van der Waals surface area (Å²) >= 11 is 0. The number of aryl methyl sites for hydroxylation is 1. The number of ether oxygens (including phenoxy) is 1. The molecule has 3 heteroatoms. The third-order valence-corrected chi connectivity index (χ3v) is 2.66. The average Bonchev–Trinajstić information content (AvgIpc) is 2.41. The maximum absolute atomic E-state index is 5.78. The van der Waals surface area contributed by atoms with Crippen LogP contribution in [0.5, 0.6) is 11.5 Å². The Morgan fingerprint density at radius 1 is 0.944 bits per heavy atom. The molecule has 0 spiro atoms. The van der Waals surface area contributed by atoms with Crippen LogP contribution in [0.15, 0.2) is 54.6 Å². The molecule has 2 aromatic carbocycles. The van der Waals surface area contributed by atoms with E-state index in [9.17, 15) is 0 Å². The van der Waals surface area contributed by atoms with E-state index in [2.05, 4.69) is 17.6 Å². The van der Waals surface area contributed by atoms with Gasteiger partial charge in [0.15, 0.2) is 0 Å². The molecular weight excluding hydrogens is 224 g/mol. The van der Waals surface area contributed by atoms with E-state index in [-0.39, 0.29) is 0 Å². The highest BCUT2D eigenvalue weighted by Gasteiger charge is 1.98. The van der Waals surface area contributed by atoms with Gasteiger partial charge in [0.2, 0.25) is 0 Å². The molecule has 0 saturated carbocycles. The molecule has 0 aliphatic heterocycles. The Morgan fingerprint density at radius 2 is 1.72 bits per heavy atom. The van der Waals surface area contributed by atoms with Crippen LogP contribution >= 0.6 is 0 Å². The topological polar surface area (TPSA) is 47.3 Å². The molecule has 3 N–H and O–H groups in total. The number of hydrazine groups is 1. The highest BCUT2D eigenvalue weighted by atomic mass is 16.5. The number of hydrogen-bond acceptors (Lipinski definition) is 3. The van der Waals surface area contributed by atoms with Crippen LogP contribution in [0.2, 0.25) is 0 Å². The van der Waals surface area contributed by atoms with Crippen molar-refractivity contribution in [2.75, 3.05) is 6.54 Å². The fourth-order valence-electron chi connectivity index (χ4n) is 1.78. The molecule has 18 heavy (non-hydrogen) atoms. The minimum Gasteiger partial charge on any atom is -0.457 e. The number of nitrogens with two attached hydrogens (primary N) is 1. The molecule has 0 aliphatic rings. The summed E-state index contributed by atoms with van der Waals surface area (Å²) in [5, 5.41) is 0. The lowest BCUT2D eigenvalue weighted by atomic mass is 10.1. The van der Waals surface area contributed by atoms with Crippen molar-refractivity contribution in [3.05, 3.63) is 60.2 Å². The normalized spacial score (nSPS) is 10.3. The minimum absolute atomic E-state index is 0.823. The van der Waals surface area contributed by atoms with E-state index in [1.165, 1.54) is 5.56 Å². The maximum Gasteiger partial charge on any atom is 0.127 e. The number of nitrogens with one attached hydrogen (secondary N) is 1. The lowest BCUT2D eigenvalue weighted by Gasteiger charge is -2.07. The monoisotopic (exact) mass is 242 g/mol. The van der Waals surface area contributed by atoms with Crippen LogP contribution in [-0.4, -0.2) is 6.54 Å². The molecule has 0 saturated heterocycles. The van der Waals surface area contributed by atoms with E-state index in [4.69, 9.17) is 10.6 Å². The van der Waals surface area contributed by atoms with Crippen LogP contribution < -0.4 is 16.0 Å². The third kappa shape index (κ3) is 3.87. The molecule has 0 heterocycles. The fourth-order valence-corrected chi connectivity index (χ4v) is 1.78. The molecule has 0 aliphatic carbocycles. The summed E-state index contributed by atoms with van der Waals surface area (Å²) in [6.07, 6.45) is 2.02. The average molecular weight is 242 g/mol. The van der Waals surface area contributed by atoms with Gasteiger partial charge in [-0.2, -0.15) is 0 Å². The first-order valence-corrected chi connectivity index (χ1v) is 6.14. The zero-order valence-corrected chi connectivity index (χ0v) is 10.3. The largest absolute Gasteiger partial charge is 0.457 e. The van der Waals surface area contributed by atoms with Crippen LogP contribution in [0, 0.1) is 0 Å². The lowest BCUT2D eigenvalue weighted by Crippen LogP contribution is -2.23. The predicted octanol–water partition coefficient (Wildman–Crippen LogP) is 2.87. The highest BCUT2D eigenvalue weighted by molar-refractivity contribution is 5.33. The van der Waals surface area contributed by atoms with Crippen molar-refractivity contribution < 1.29 is 4.74 Å². The molecule has 0 atom stereocenters. The quantitative estimate of drug-likeness (QED) is 0.465. The molecule has 2 aromatic rings. The van der Waals surface area contributed by atoms with E-state index in [0.717, 1.165) is 30.9 Å². The highest BCUT2D eigenvalue weighted by Crippen LogP contribution is 2.22. The molecule has 3 nitrogen and oxygen atoms in total. The van der Waals surface area contributed by atoms with Gasteiger partial charge in [-0.3, -0.25) is 11.3 Å². The molecule has 0 bridgehead atoms. The van der Waals surface area contributed by atoms with Crippen molar-refractivity contribution in [1.82, 2.24) is 5.43 Å². The minimum atomic E-state index is 0.823. The Morgan fingerprint density at radius 3 is 2.50 bits per heavy atom. The summed E-state index contributed by atoms with van der Waals surface area (Å²) in [6, 6.07) is 18.0. The second-order valence-electron chi connectivity index (χ2n) is 4.12. The maximum atomic E-state index is 5.78. The summed E-state index contributed by atoms with van der Waals surface area (Å²) in [5.41, 5.74) is 3.92. The van der Waals surface area contributed by atoms with Crippen LogP contribution in [-0.2, 0) is 6.42 Å². The molecule has 0 amide bonds. The molecule has 94 valence electrons. The van der Waals surface area contributed by atoms with Gasteiger partial charge in [0, 0.05) is 6.54 Å². The summed E-state index contributed by atoms with van der Waals surface area (Å²) < 4.78 is 5.78.